The molecule has 0 amide bonds. The summed E-state index contributed by atoms with van der Waals surface area (Å²) in [4.78, 5) is 0. The molecule has 0 radical (unpaired) electrons. The first-order valence-corrected chi connectivity index (χ1v) is 9.46. The molecule has 0 fully saturated rings. The van der Waals surface area contributed by atoms with Crippen molar-refractivity contribution in [3.63, 3.8) is 0 Å². The van der Waals surface area contributed by atoms with Crippen LogP contribution in [0, 0.1) is 5.82 Å². The summed E-state index contributed by atoms with van der Waals surface area (Å²) < 4.78 is 20.4. The maximum Gasteiger partial charge on any atom is 0.123 e. The van der Waals surface area contributed by atoms with Gasteiger partial charge in [-0.3, -0.25) is 0 Å². The second-order valence-corrected chi connectivity index (χ2v) is 6.74. The number of ether oxygens (including phenoxy) is 1. The van der Waals surface area contributed by atoms with E-state index < -0.39 is 0 Å². The molecule has 1 N–H and O–H groups in total. The van der Waals surface area contributed by atoms with Gasteiger partial charge >= 0.3 is 0 Å². The molecule has 0 aliphatic rings. The highest BCUT2D eigenvalue weighted by molar-refractivity contribution is 5.63. The van der Waals surface area contributed by atoms with Crippen molar-refractivity contribution >= 4 is 0 Å². The second kappa shape index (κ2) is 8.71. The van der Waals surface area contributed by atoms with Crippen molar-refractivity contribution in [1.29, 1.82) is 0 Å². The Kier molecular flexibility index (Phi) is 5.68. The van der Waals surface area contributed by atoms with Gasteiger partial charge in [0.05, 0.1) is 18.5 Å². The van der Waals surface area contributed by atoms with Crippen LogP contribution in [-0.4, -0.2) is 16.9 Å². The summed E-state index contributed by atoms with van der Waals surface area (Å²) in [5.41, 5.74) is 4.94. The Balaban J connectivity index is 1.56. The van der Waals surface area contributed by atoms with Crippen LogP contribution in [0.1, 0.15) is 11.1 Å². The van der Waals surface area contributed by atoms with Crippen LogP contribution in [-0.2, 0) is 13.1 Å². The maximum absolute atomic E-state index is 13.4. The zero-order valence-corrected chi connectivity index (χ0v) is 16.2. The lowest BCUT2D eigenvalue weighted by Crippen LogP contribution is -2.12. The van der Waals surface area contributed by atoms with Crippen molar-refractivity contribution in [3.8, 4) is 22.7 Å². The van der Waals surface area contributed by atoms with Gasteiger partial charge in [-0.05, 0) is 54.1 Å². The highest BCUT2D eigenvalue weighted by Gasteiger charge is 2.12. The van der Waals surface area contributed by atoms with E-state index in [2.05, 4.69) is 5.32 Å². The third kappa shape index (κ3) is 4.52. The minimum atomic E-state index is -0.254. The van der Waals surface area contributed by atoms with E-state index in [0.717, 1.165) is 34.8 Å². The average molecular weight is 387 g/mol. The smallest absolute Gasteiger partial charge is 0.123 e. The standard InChI is InChI=1S/C24H22FN3O/c1-29-23-13-7-18(8-14-23)15-26-16-20-17-28(22-5-3-2-4-6-22)27-24(20)19-9-11-21(25)12-10-19/h2-14,17,26H,15-16H2,1H3. The minimum Gasteiger partial charge on any atom is -0.497 e. The summed E-state index contributed by atoms with van der Waals surface area (Å²) in [6, 6.07) is 24.4. The van der Waals surface area contributed by atoms with E-state index in [1.807, 2.05) is 65.5 Å². The van der Waals surface area contributed by atoms with Crippen LogP contribution in [0.2, 0.25) is 0 Å². The molecule has 4 nitrogen and oxygen atoms in total. The zero-order valence-electron chi connectivity index (χ0n) is 16.2. The van der Waals surface area contributed by atoms with Gasteiger partial charge in [0.25, 0.3) is 0 Å². The predicted molar refractivity (Wildman–Crippen MR) is 112 cm³/mol. The van der Waals surface area contributed by atoms with Gasteiger partial charge in [0.15, 0.2) is 0 Å². The van der Waals surface area contributed by atoms with E-state index in [1.165, 1.54) is 17.7 Å². The Morgan fingerprint density at radius 3 is 2.31 bits per heavy atom. The summed E-state index contributed by atoms with van der Waals surface area (Å²) in [7, 11) is 1.66. The number of hydrogen-bond donors (Lipinski definition) is 1. The normalized spacial score (nSPS) is 10.8. The first-order valence-electron chi connectivity index (χ1n) is 9.46. The van der Waals surface area contributed by atoms with Crippen molar-refractivity contribution in [3.05, 3.63) is 102 Å². The number of rotatable bonds is 7. The van der Waals surface area contributed by atoms with E-state index in [-0.39, 0.29) is 5.82 Å². The minimum absolute atomic E-state index is 0.254. The van der Waals surface area contributed by atoms with Gasteiger partial charge < -0.3 is 10.1 Å². The highest BCUT2D eigenvalue weighted by atomic mass is 19.1. The van der Waals surface area contributed by atoms with Crippen LogP contribution in [0.4, 0.5) is 4.39 Å². The van der Waals surface area contributed by atoms with Crippen molar-refractivity contribution < 1.29 is 9.13 Å². The van der Waals surface area contributed by atoms with Crippen LogP contribution >= 0.6 is 0 Å². The van der Waals surface area contributed by atoms with Crippen LogP contribution in [0.15, 0.2) is 85.1 Å². The van der Waals surface area contributed by atoms with Gasteiger partial charge in [0, 0.05) is 30.4 Å². The molecule has 1 aromatic heterocycles. The van der Waals surface area contributed by atoms with E-state index in [1.54, 1.807) is 19.2 Å². The van der Waals surface area contributed by atoms with Crippen LogP contribution < -0.4 is 10.1 Å². The summed E-state index contributed by atoms with van der Waals surface area (Å²) in [5, 5.41) is 8.24. The Morgan fingerprint density at radius 2 is 1.62 bits per heavy atom. The molecule has 0 bridgehead atoms. The number of methoxy groups -OCH3 is 1. The fourth-order valence-electron chi connectivity index (χ4n) is 3.19. The van der Waals surface area contributed by atoms with E-state index in [0.29, 0.717) is 6.54 Å². The monoisotopic (exact) mass is 387 g/mol. The molecule has 4 aromatic rings. The number of para-hydroxylation sites is 1. The molecule has 0 atom stereocenters. The fourth-order valence-corrected chi connectivity index (χ4v) is 3.19. The fraction of sp³-hybridized carbons (Fsp3) is 0.125. The largest absolute Gasteiger partial charge is 0.497 e. The lowest BCUT2D eigenvalue weighted by atomic mass is 10.1. The molecule has 0 spiro atoms. The van der Waals surface area contributed by atoms with Gasteiger partial charge in [0.2, 0.25) is 0 Å². The van der Waals surface area contributed by atoms with E-state index in [9.17, 15) is 4.39 Å². The quantitative estimate of drug-likeness (QED) is 0.486. The average Bonchev–Trinajstić information content (AvgIpc) is 3.19. The first kappa shape index (κ1) is 18.9. The predicted octanol–water partition coefficient (Wildman–Crippen LogP) is 4.98. The molecular weight excluding hydrogens is 365 g/mol. The number of halogens is 1. The van der Waals surface area contributed by atoms with E-state index >= 15 is 0 Å². The third-order valence-electron chi connectivity index (χ3n) is 4.73. The molecule has 0 unspecified atom stereocenters. The topological polar surface area (TPSA) is 39.1 Å². The molecule has 0 saturated heterocycles. The van der Waals surface area contributed by atoms with Crippen LogP contribution in [0.5, 0.6) is 5.75 Å². The summed E-state index contributed by atoms with van der Waals surface area (Å²) in [5.74, 6) is 0.590. The first-order chi connectivity index (χ1) is 14.2. The number of benzene rings is 3. The number of hydrogen-bond acceptors (Lipinski definition) is 3. The maximum atomic E-state index is 13.4. The summed E-state index contributed by atoms with van der Waals surface area (Å²) in [6.45, 7) is 1.37. The summed E-state index contributed by atoms with van der Waals surface area (Å²) in [6.07, 6.45) is 2.02. The van der Waals surface area contributed by atoms with Crippen molar-refractivity contribution in [2.75, 3.05) is 7.11 Å². The molecule has 0 aliphatic carbocycles. The van der Waals surface area contributed by atoms with Gasteiger partial charge in [-0.1, -0.05) is 30.3 Å². The third-order valence-corrected chi connectivity index (χ3v) is 4.73. The SMILES string of the molecule is COc1ccc(CNCc2cn(-c3ccccc3)nc2-c2ccc(F)cc2)cc1. The molecule has 0 aliphatic heterocycles. The number of nitrogens with one attached hydrogen (secondary N) is 1. The summed E-state index contributed by atoms with van der Waals surface area (Å²) >= 11 is 0. The molecule has 5 heteroatoms. The zero-order chi connectivity index (χ0) is 20.1. The molecule has 0 saturated carbocycles. The Labute approximate surface area is 169 Å². The molecule has 4 rings (SSSR count). The van der Waals surface area contributed by atoms with E-state index in [4.69, 9.17) is 9.84 Å². The molecule has 1 heterocycles. The van der Waals surface area contributed by atoms with Crippen LogP contribution in [0.25, 0.3) is 16.9 Å². The highest BCUT2D eigenvalue weighted by Crippen LogP contribution is 2.24. The van der Waals surface area contributed by atoms with Gasteiger partial charge in [-0.25, -0.2) is 9.07 Å². The van der Waals surface area contributed by atoms with Crippen molar-refractivity contribution in [1.82, 2.24) is 15.1 Å². The lowest BCUT2D eigenvalue weighted by Gasteiger charge is -2.06. The number of nitrogens with zero attached hydrogens (tertiary/aromatic N) is 2. The molecular formula is C24H22FN3O. The van der Waals surface area contributed by atoms with Crippen molar-refractivity contribution in [2.24, 2.45) is 0 Å². The van der Waals surface area contributed by atoms with Crippen LogP contribution in [0.3, 0.4) is 0 Å². The Morgan fingerprint density at radius 1 is 0.897 bits per heavy atom. The van der Waals surface area contributed by atoms with Gasteiger partial charge in [-0.2, -0.15) is 5.10 Å². The molecule has 146 valence electrons. The number of aromatic nitrogens is 2. The Hall–Kier alpha value is -3.44. The lowest BCUT2D eigenvalue weighted by molar-refractivity contribution is 0.414. The second-order valence-electron chi connectivity index (χ2n) is 6.74. The molecule has 3 aromatic carbocycles. The van der Waals surface area contributed by atoms with Crippen molar-refractivity contribution in [2.45, 2.75) is 13.1 Å². The van der Waals surface area contributed by atoms with Gasteiger partial charge in [-0.15, -0.1) is 0 Å². The van der Waals surface area contributed by atoms with Gasteiger partial charge in [0.1, 0.15) is 11.6 Å². The molecule has 29 heavy (non-hydrogen) atoms. The Bertz CT molecular complexity index is 1060.